The van der Waals surface area contributed by atoms with E-state index in [2.05, 4.69) is 66.3 Å². The normalized spacial score (nSPS) is 14.4. The summed E-state index contributed by atoms with van der Waals surface area (Å²) in [5, 5.41) is 3.69. The van der Waals surface area contributed by atoms with Gasteiger partial charge < -0.3 is 5.32 Å². The van der Waals surface area contributed by atoms with Gasteiger partial charge in [-0.15, -0.1) is 0 Å². The molecular weight excluding hydrogens is 286 g/mol. The molecule has 2 unspecified atom stereocenters. The predicted octanol–water partition coefficient (Wildman–Crippen LogP) is 5.32. The van der Waals surface area contributed by atoms with Crippen molar-refractivity contribution < 1.29 is 0 Å². The van der Waals surface area contributed by atoms with Crippen LogP contribution in [0.3, 0.4) is 0 Å². The molecule has 1 nitrogen and oxygen atoms in total. The van der Waals surface area contributed by atoms with Crippen LogP contribution in [0.1, 0.15) is 58.1 Å². The van der Waals surface area contributed by atoms with Crippen molar-refractivity contribution in [1.82, 2.24) is 5.32 Å². The number of benzene rings is 1. The van der Waals surface area contributed by atoms with E-state index in [9.17, 15) is 0 Å². The van der Waals surface area contributed by atoms with Crippen molar-refractivity contribution in [2.75, 3.05) is 6.54 Å². The Bertz CT molecular complexity index is 338. The van der Waals surface area contributed by atoms with Gasteiger partial charge in [-0.2, -0.15) is 0 Å². The van der Waals surface area contributed by atoms with Gasteiger partial charge in [0.15, 0.2) is 0 Å². The fourth-order valence-electron chi connectivity index (χ4n) is 2.41. The first kappa shape index (κ1) is 15.7. The van der Waals surface area contributed by atoms with Crippen molar-refractivity contribution in [2.45, 2.75) is 52.5 Å². The van der Waals surface area contributed by atoms with Gasteiger partial charge in [-0.1, -0.05) is 67.7 Å². The molecule has 0 fully saturated rings. The quantitative estimate of drug-likeness (QED) is 0.685. The van der Waals surface area contributed by atoms with Gasteiger partial charge in [0.05, 0.1) is 0 Å². The molecule has 0 aliphatic rings. The average molecular weight is 312 g/mol. The van der Waals surface area contributed by atoms with E-state index in [-0.39, 0.29) is 0 Å². The van der Waals surface area contributed by atoms with Crippen LogP contribution in [0.15, 0.2) is 28.7 Å². The van der Waals surface area contributed by atoms with Crippen LogP contribution in [-0.4, -0.2) is 6.54 Å². The van der Waals surface area contributed by atoms with Crippen molar-refractivity contribution >= 4 is 15.9 Å². The van der Waals surface area contributed by atoms with Crippen molar-refractivity contribution in [3.8, 4) is 0 Å². The van der Waals surface area contributed by atoms with Crippen LogP contribution in [0, 0.1) is 5.92 Å². The number of halogens is 1. The zero-order valence-corrected chi connectivity index (χ0v) is 13.5. The molecule has 0 aliphatic carbocycles. The second-order valence-electron chi connectivity index (χ2n) is 5.16. The van der Waals surface area contributed by atoms with Gasteiger partial charge in [0.1, 0.15) is 0 Å². The van der Waals surface area contributed by atoms with Gasteiger partial charge in [0, 0.05) is 10.5 Å². The topological polar surface area (TPSA) is 12.0 Å². The average Bonchev–Trinajstić information content (AvgIpc) is 2.35. The summed E-state index contributed by atoms with van der Waals surface area (Å²) < 4.78 is 1.22. The SMILES string of the molecule is CCCNC(CC(C)CCC)c1ccccc1Br. The molecule has 0 radical (unpaired) electrons. The summed E-state index contributed by atoms with van der Waals surface area (Å²) in [6.45, 7) is 7.94. The number of hydrogen-bond donors (Lipinski definition) is 1. The lowest BCUT2D eigenvalue weighted by molar-refractivity contribution is 0.389. The molecule has 1 aromatic rings. The first-order chi connectivity index (χ1) is 8.69. The maximum absolute atomic E-state index is 3.69. The summed E-state index contributed by atoms with van der Waals surface area (Å²) in [7, 11) is 0. The summed E-state index contributed by atoms with van der Waals surface area (Å²) >= 11 is 3.68. The van der Waals surface area contributed by atoms with Gasteiger partial charge in [-0.25, -0.2) is 0 Å². The van der Waals surface area contributed by atoms with Crippen molar-refractivity contribution in [3.05, 3.63) is 34.3 Å². The maximum Gasteiger partial charge on any atom is 0.0333 e. The lowest BCUT2D eigenvalue weighted by Crippen LogP contribution is -2.24. The maximum atomic E-state index is 3.69. The highest BCUT2D eigenvalue weighted by molar-refractivity contribution is 9.10. The Labute approximate surface area is 120 Å². The van der Waals surface area contributed by atoms with E-state index in [0.717, 1.165) is 12.5 Å². The van der Waals surface area contributed by atoms with Crippen molar-refractivity contribution in [3.63, 3.8) is 0 Å². The number of rotatable bonds is 8. The number of nitrogens with one attached hydrogen (secondary N) is 1. The smallest absolute Gasteiger partial charge is 0.0333 e. The largest absolute Gasteiger partial charge is 0.310 e. The van der Waals surface area contributed by atoms with E-state index in [1.54, 1.807) is 0 Å². The van der Waals surface area contributed by atoms with E-state index >= 15 is 0 Å². The molecule has 1 aromatic carbocycles. The monoisotopic (exact) mass is 311 g/mol. The molecule has 1 rings (SSSR count). The van der Waals surface area contributed by atoms with Gasteiger partial charge in [-0.05, 0) is 36.9 Å². The van der Waals surface area contributed by atoms with Crippen molar-refractivity contribution in [1.29, 1.82) is 0 Å². The Morgan fingerprint density at radius 3 is 2.50 bits per heavy atom. The summed E-state index contributed by atoms with van der Waals surface area (Å²) in [6, 6.07) is 9.06. The summed E-state index contributed by atoms with van der Waals surface area (Å²) in [4.78, 5) is 0. The molecule has 0 bridgehead atoms. The molecule has 0 saturated carbocycles. The van der Waals surface area contributed by atoms with E-state index in [0.29, 0.717) is 6.04 Å². The summed E-state index contributed by atoms with van der Waals surface area (Å²) in [5.41, 5.74) is 1.40. The Kier molecular flexibility index (Phi) is 7.60. The molecule has 18 heavy (non-hydrogen) atoms. The standard InChI is InChI=1S/C16H26BrN/c1-4-8-13(3)12-16(18-11-5-2)14-9-6-7-10-15(14)17/h6-7,9-10,13,16,18H,4-5,8,11-12H2,1-3H3. The minimum absolute atomic E-state index is 0.474. The van der Waals surface area contributed by atoms with Crippen LogP contribution in [0.5, 0.6) is 0 Å². The third-order valence-corrected chi connectivity index (χ3v) is 4.06. The van der Waals surface area contributed by atoms with Gasteiger partial charge >= 0.3 is 0 Å². The Balaban J connectivity index is 2.74. The van der Waals surface area contributed by atoms with E-state index in [1.165, 1.54) is 35.7 Å². The van der Waals surface area contributed by atoms with E-state index in [1.807, 2.05) is 0 Å². The molecule has 102 valence electrons. The van der Waals surface area contributed by atoms with Gasteiger partial charge in [0.25, 0.3) is 0 Å². The van der Waals surface area contributed by atoms with Crippen molar-refractivity contribution in [2.24, 2.45) is 5.92 Å². The van der Waals surface area contributed by atoms with Gasteiger partial charge in [-0.3, -0.25) is 0 Å². The minimum Gasteiger partial charge on any atom is -0.310 e. The second kappa shape index (κ2) is 8.71. The molecule has 1 N–H and O–H groups in total. The predicted molar refractivity (Wildman–Crippen MR) is 83.9 cm³/mol. The van der Waals surface area contributed by atoms with Crippen LogP contribution >= 0.6 is 15.9 Å². The van der Waals surface area contributed by atoms with E-state index in [4.69, 9.17) is 0 Å². The van der Waals surface area contributed by atoms with Crippen LogP contribution in [0.4, 0.5) is 0 Å². The minimum atomic E-state index is 0.474. The molecule has 0 aromatic heterocycles. The number of hydrogen-bond acceptors (Lipinski definition) is 1. The lowest BCUT2D eigenvalue weighted by Gasteiger charge is -2.23. The first-order valence-corrected chi connectivity index (χ1v) is 7.96. The first-order valence-electron chi connectivity index (χ1n) is 7.16. The highest BCUT2D eigenvalue weighted by atomic mass is 79.9. The Morgan fingerprint density at radius 2 is 1.89 bits per heavy atom. The molecule has 2 atom stereocenters. The highest BCUT2D eigenvalue weighted by Crippen LogP contribution is 2.29. The zero-order chi connectivity index (χ0) is 13.4. The highest BCUT2D eigenvalue weighted by Gasteiger charge is 2.16. The molecule has 0 spiro atoms. The third kappa shape index (κ3) is 5.11. The van der Waals surface area contributed by atoms with Crippen LogP contribution in [0.2, 0.25) is 0 Å². The molecule has 0 saturated heterocycles. The van der Waals surface area contributed by atoms with Crippen LogP contribution < -0.4 is 5.32 Å². The molecule has 2 heteroatoms. The second-order valence-corrected chi connectivity index (χ2v) is 6.01. The fourth-order valence-corrected chi connectivity index (χ4v) is 2.97. The Hall–Kier alpha value is -0.340. The van der Waals surface area contributed by atoms with Gasteiger partial charge in [0.2, 0.25) is 0 Å². The summed E-state index contributed by atoms with van der Waals surface area (Å²) in [6.07, 6.45) is 4.99. The zero-order valence-electron chi connectivity index (χ0n) is 11.9. The molecule has 0 heterocycles. The van der Waals surface area contributed by atoms with Crippen LogP contribution in [-0.2, 0) is 0 Å². The Morgan fingerprint density at radius 1 is 1.17 bits per heavy atom. The molecular formula is C16H26BrN. The molecule has 0 aliphatic heterocycles. The lowest BCUT2D eigenvalue weighted by atomic mass is 9.93. The van der Waals surface area contributed by atoms with Crippen LogP contribution in [0.25, 0.3) is 0 Å². The summed E-state index contributed by atoms with van der Waals surface area (Å²) in [5.74, 6) is 0.775. The fraction of sp³-hybridized carbons (Fsp3) is 0.625. The van der Waals surface area contributed by atoms with E-state index < -0.39 is 0 Å². The molecule has 0 amide bonds. The third-order valence-electron chi connectivity index (χ3n) is 3.34.